The minimum absolute atomic E-state index is 0.0257. The number of aryl methyl sites for hydroxylation is 1. The number of benzene rings is 1. The van der Waals surface area contributed by atoms with Crippen LogP contribution in [0.3, 0.4) is 0 Å². The molecule has 1 amide bonds. The molecule has 0 fully saturated rings. The number of rotatable bonds is 1. The second-order valence-electron chi connectivity index (χ2n) is 2.61. The van der Waals surface area contributed by atoms with Crippen LogP contribution in [0.25, 0.3) is 0 Å². The van der Waals surface area contributed by atoms with Crippen LogP contribution in [0.1, 0.15) is 12.5 Å². The molecule has 2 nitrogen and oxygen atoms in total. The lowest BCUT2D eigenvalue weighted by Gasteiger charge is -2.07. The van der Waals surface area contributed by atoms with E-state index in [9.17, 15) is 4.79 Å². The Labute approximate surface area is 85.5 Å². The molecule has 64 valence electrons. The molecule has 0 unspecified atom stereocenters. The first kappa shape index (κ1) is 9.51. The van der Waals surface area contributed by atoms with Crippen LogP contribution in [-0.4, -0.2) is 5.91 Å². The first-order chi connectivity index (χ1) is 5.61. The Bertz CT molecular complexity index is 289. The molecule has 0 saturated carbocycles. The summed E-state index contributed by atoms with van der Waals surface area (Å²) in [4.78, 5) is 10.8. The maximum absolute atomic E-state index is 10.8. The number of carbonyl (C=O) groups excluding carboxylic acids is 1. The van der Waals surface area contributed by atoms with Gasteiger partial charge in [-0.1, -0.05) is 12.1 Å². The fourth-order valence-electron chi connectivity index (χ4n) is 0.966. The van der Waals surface area contributed by atoms with Crippen molar-refractivity contribution in [2.75, 3.05) is 5.32 Å². The molecule has 0 saturated heterocycles. The topological polar surface area (TPSA) is 29.1 Å². The molecule has 0 spiro atoms. The zero-order valence-corrected chi connectivity index (χ0v) is 9.18. The smallest absolute Gasteiger partial charge is 0.221 e. The van der Waals surface area contributed by atoms with Gasteiger partial charge < -0.3 is 5.32 Å². The number of amides is 1. The van der Waals surface area contributed by atoms with Gasteiger partial charge in [0.05, 0.1) is 5.69 Å². The van der Waals surface area contributed by atoms with Crippen molar-refractivity contribution >= 4 is 34.2 Å². The normalized spacial score (nSPS) is 9.58. The molecule has 1 aromatic rings. The molecule has 0 atom stereocenters. The number of anilines is 1. The lowest BCUT2D eigenvalue weighted by molar-refractivity contribution is -0.114. The molecule has 1 aromatic carbocycles. The Morgan fingerprint density at radius 1 is 1.50 bits per heavy atom. The van der Waals surface area contributed by atoms with Crippen LogP contribution in [-0.2, 0) is 4.79 Å². The summed E-state index contributed by atoms with van der Waals surface area (Å²) in [7, 11) is 0. The van der Waals surface area contributed by atoms with E-state index in [0.29, 0.717) is 0 Å². The van der Waals surface area contributed by atoms with Crippen LogP contribution in [0.4, 0.5) is 5.69 Å². The molecule has 0 bridgehead atoms. The predicted octanol–water partition coefficient (Wildman–Crippen LogP) is 2.56. The van der Waals surface area contributed by atoms with Crippen LogP contribution >= 0.6 is 22.6 Å². The molecular weight excluding hydrogens is 265 g/mol. The van der Waals surface area contributed by atoms with E-state index >= 15 is 0 Å². The summed E-state index contributed by atoms with van der Waals surface area (Å²) in [6, 6.07) is 5.93. The minimum Gasteiger partial charge on any atom is -0.325 e. The highest BCUT2D eigenvalue weighted by atomic mass is 127. The van der Waals surface area contributed by atoms with E-state index in [4.69, 9.17) is 0 Å². The second kappa shape index (κ2) is 3.89. The lowest BCUT2D eigenvalue weighted by Crippen LogP contribution is -2.08. The average Bonchev–Trinajstić information content (AvgIpc) is 1.97. The molecular formula is C9H10INO. The maximum atomic E-state index is 10.8. The number of hydrogen-bond donors (Lipinski definition) is 1. The SMILES string of the molecule is CC(=O)Nc1c(C)cccc1I. The Balaban J connectivity index is 3.04. The molecule has 3 heteroatoms. The summed E-state index contributed by atoms with van der Waals surface area (Å²) < 4.78 is 1.07. The van der Waals surface area contributed by atoms with Crippen molar-refractivity contribution in [3.8, 4) is 0 Å². The first-order valence-corrected chi connectivity index (χ1v) is 4.72. The van der Waals surface area contributed by atoms with Gasteiger partial charge >= 0.3 is 0 Å². The van der Waals surface area contributed by atoms with Crippen molar-refractivity contribution in [3.05, 3.63) is 27.3 Å². The van der Waals surface area contributed by atoms with Crippen LogP contribution in [0.15, 0.2) is 18.2 Å². The summed E-state index contributed by atoms with van der Waals surface area (Å²) in [5, 5.41) is 2.79. The van der Waals surface area contributed by atoms with Crippen LogP contribution in [0.2, 0.25) is 0 Å². The van der Waals surface area contributed by atoms with E-state index in [1.165, 1.54) is 6.92 Å². The summed E-state index contributed by atoms with van der Waals surface area (Å²) in [5.74, 6) is -0.0257. The molecule has 0 aliphatic heterocycles. The summed E-state index contributed by atoms with van der Waals surface area (Å²) in [5.41, 5.74) is 2.02. The highest BCUT2D eigenvalue weighted by Crippen LogP contribution is 2.21. The van der Waals surface area contributed by atoms with Crippen molar-refractivity contribution in [2.24, 2.45) is 0 Å². The predicted molar refractivity (Wildman–Crippen MR) is 58.2 cm³/mol. The average molecular weight is 275 g/mol. The standard InChI is InChI=1S/C9H10INO/c1-6-4-3-5-8(10)9(6)11-7(2)12/h3-5H,1-2H3,(H,11,12). The fraction of sp³-hybridized carbons (Fsp3) is 0.222. The van der Waals surface area contributed by atoms with Crippen molar-refractivity contribution in [1.29, 1.82) is 0 Å². The number of hydrogen-bond acceptors (Lipinski definition) is 1. The van der Waals surface area contributed by atoms with Gasteiger partial charge in [0.2, 0.25) is 5.91 Å². The maximum Gasteiger partial charge on any atom is 0.221 e. The fourth-order valence-corrected chi connectivity index (χ4v) is 1.73. The van der Waals surface area contributed by atoms with E-state index in [1.54, 1.807) is 0 Å². The number of nitrogens with one attached hydrogen (secondary N) is 1. The van der Waals surface area contributed by atoms with Gasteiger partial charge in [-0.2, -0.15) is 0 Å². The second-order valence-corrected chi connectivity index (χ2v) is 3.78. The highest BCUT2D eigenvalue weighted by molar-refractivity contribution is 14.1. The Morgan fingerprint density at radius 2 is 2.17 bits per heavy atom. The van der Waals surface area contributed by atoms with Crippen molar-refractivity contribution < 1.29 is 4.79 Å². The van der Waals surface area contributed by atoms with Crippen LogP contribution in [0.5, 0.6) is 0 Å². The Morgan fingerprint density at radius 3 is 2.67 bits per heavy atom. The van der Waals surface area contributed by atoms with Gasteiger partial charge in [-0.3, -0.25) is 4.79 Å². The first-order valence-electron chi connectivity index (χ1n) is 3.64. The molecule has 0 aliphatic carbocycles. The van der Waals surface area contributed by atoms with E-state index in [-0.39, 0.29) is 5.91 Å². The van der Waals surface area contributed by atoms with E-state index in [2.05, 4.69) is 27.9 Å². The number of halogens is 1. The number of carbonyl (C=O) groups is 1. The molecule has 0 radical (unpaired) electrons. The van der Waals surface area contributed by atoms with Crippen LogP contribution in [0, 0.1) is 10.5 Å². The third-order valence-electron chi connectivity index (χ3n) is 1.52. The van der Waals surface area contributed by atoms with Gasteiger partial charge in [-0.15, -0.1) is 0 Å². The Hall–Kier alpha value is -0.580. The third kappa shape index (κ3) is 2.20. The largest absolute Gasteiger partial charge is 0.325 e. The monoisotopic (exact) mass is 275 g/mol. The van der Waals surface area contributed by atoms with Gasteiger partial charge in [0, 0.05) is 10.5 Å². The summed E-state index contributed by atoms with van der Waals surface area (Å²) in [6.07, 6.45) is 0. The van der Waals surface area contributed by atoms with Crippen molar-refractivity contribution in [3.63, 3.8) is 0 Å². The molecule has 1 N–H and O–H groups in total. The van der Waals surface area contributed by atoms with Gasteiger partial charge in [0.25, 0.3) is 0 Å². The van der Waals surface area contributed by atoms with Gasteiger partial charge in [-0.05, 0) is 41.1 Å². The van der Waals surface area contributed by atoms with Gasteiger partial charge in [-0.25, -0.2) is 0 Å². The van der Waals surface area contributed by atoms with Crippen molar-refractivity contribution in [1.82, 2.24) is 0 Å². The van der Waals surface area contributed by atoms with Crippen LogP contribution < -0.4 is 5.32 Å². The summed E-state index contributed by atoms with van der Waals surface area (Å²) in [6.45, 7) is 3.50. The molecule has 1 rings (SSSR count). The Kier molecular flexibility index (Phi) is 3.08. The van der Waals surface area contributed by atoms with Crippen molar-refractivity contribution in [2.45, 2.75) is 13.8 Å². The van der Waals surface area contributed by atoms with Gasteiger partial charge in [0.15, 0.2) is 0 Å². The molecule has 0 aliphatic rings. The molecule has 0 aromatic heterocycles. The lowest BCUT2D eigenvalue weighted by atomic mass is 10.2. The number of para-hydroxylation sites is 1. The molecule has 12 heavy (non-hydrogen) atoms. The minimum atomic E-state index is -0.0257. The van der Waals surface area contributed by atoms with E-state index in [0.717, 1.165) is 14.8 Å². The van der Waals surface area contributed by atoms with E-state index < -0.39 is 0 Å². The van der Waals surface area contributed by atoms with E-state index in [1.807, 2.05) is 25.1 Å². The molecule has 0 heterocycles. The third-order valence-corrected chi connectivity index (χ3v) is 2.42. The van der Waals surface area contributed by atoms with Gasteiger partial charge in [0.1, 0.15) is 0 Å². The quantitative estimate of drug-likeness (QED) is 0.784. The zero-order valence-electron chi connectivity index (χ0n) is 7.02. The summed E-state index contributed by atoms with van der Waals surface area (Å²) >= 11 is 2.20. The zero-order chi connectivity index (χ0) is 9.14. The highest BCUT2D eigenvalue weighted by Gasteiger charge is 2.03.